The SMILES string of the molecule is CC1(C(F)F)CCCN2CC[C@H](c3cncc(F)c3)N2C1=O. The first kappa shape index (κ1) is 15.3. The van der Waals surface area contributed by atoms with Crippen molar-refractivity contribution in [1.29, 1.82) is 0 Å². The molecule has 2 saturated heterocycles. The number of halogens is 3. The summed E-state index contributed by atoms with van der Waals surface area (Å²) in [7, 11) is 0. The van der Waals surface area contributed by atoms with Gasteiger partial charge in [-0.25, -0.2) is 18.2 Å². The number of hydrogen-bond acceptors (Lipinski definition) is 3. The molecule has 22 heavy (non-hydrogen) atoms. The number of hydrogen-bond donors (Lipinski definition) is 0. The number of alkyl halides is 2. The van der Waals surface area contributed by atoms with Gasteiger partial charge in [0.2, 0.25) is 5.91 Å². The van der Waals surface area contributed by atoms with E-state index in [9.17, 15) is 18.0 Å². The summed E-state index contributed by atoms with van der Waals surface area (Å²) in [6.07, 6.45) is 1.16. The van der Waals surface area contributed by atoms with Crippen molar-refractivity contribution in [2.24, 2.45) is 5.41 Å². The van der Waals surface area contributed by atoms with Crippen LogP contribution in [0.25, 0.3) is 0 Å². The molecule has 4 nitrogen and oxygen atoms in total. The third-order valence-electron chi connectivity index (χ3n) is 4.66. The zero-order valence-corrected chi connectivity index (χ0v) is 12.3. The van der Waals surface area contributed by atoms with Gasteiger partial charge in [0.1, 0.15) is 11.2 Å². The molecule has 1 aromatic heterocycles. The molecule has 2 fully saturated rings. The highest BCUT2D eigenvalue weighted by molar-refractivity contribution is 5.83. The average Bonchev–Trinajstić information content (AvgIpc) is 2.84. The van der Waals surface area contributed by atoms with Crippen LogP contribution in [-0.4, -0.2) is 40.4 Å². The Labute approximate surface area is 126 Å². The smallest absolute Gasteiger partial charge is 0.252 e. The summed E-state index contributed by atoms with van der Waals surface area (Å²) in [6.45, 7) is 2.49. The van der Waals surface area contributed by atoms with Gasteiger partial charge in [-0.2, -0.15) is 0 Å². The monoisotopic (exact) mass is 313 g/mol. The first-order valence-electron chi connectivity index (χ1n) is 7.40. The van der Waals surface area contributed by atoms with Gasteiger partial charge in [-0.3, -0.25) is 14.8 Å². The quantitative estimate of drug-likeness (QED) is 0.842. The second-order valence-electron chi connectivity index (χ2n) is 6.17. The molecule has 1 aromatic rings. The van der Waals surface area contributed by atoms with Crippen LogP contribution in [0.3, 0.4) is 0 Å². The highest BCUT2D eigenvalue weighted by atomic mass is 19.3. The van der Waals surface area contributed by atoms with Crippen LogP contribution in [0, 0.1) is 11.2 Å². The van der Waals surface area contributed by atoms with Crippen molar-refractivity contribution in [3.05, 3.63) is 29.8 Å². The highest BCUT2D eigenvalue weighted by Crippen LogP contribution is 2.42. The summed E-state index contributed by atoms with van der Waals surface area (Å²) in [6, 6.07) is 0.894. The van der Waals surface area contributed by atoms with Gasteiger partial charge in [-0.05, 0) is 37.8 Å². The molecule has 1 amide bonds. The zero-order chi connectivity index (χ0) is 15.9. The van der Waals surface area contributed by atoms with Crippen molar-refractivity contribution in [1.82, 2.24) is 15.0 Å². The fraction of sp³-hybridized carbons (Fsp3) is 0.600. The molecule has 7 heteroatoms. The number of nitrogens with zero attached hydrogens (tertiary/aromatic N) is 3. The van der Waals surface area contributed by atoms with E-state index in [1.54, 1.807) is 0 Å². The molecule has 0 aliphatic carbocycles. The molecule has 2 aliphatic rings. The Hall–Kier alpha value is -1.63. The fourth-order valence-electron chi connectivity index (χ4n) is 3.31. The molecule has 120 valence electrons. The lowest BCUT2D eigenvalue weighted by molar-refractivity contribution is -0.164. The van der Waals surface area contributed by atoms with Gasteiger partial charge in [0.25, 0.3) is 6.43 Å². The van der Waals surface area contributed by atoms with Crippen molar-refractivity contribution >= 4 is 5.91 Å². The molecule has 2 atom stereocenters. The van der Waals surface area contributed by atoms with E-state index in [4.69, 9.17) is 0 Å². The minimum absolute atomic E-state index is 0.157. The second-order valence-corrected chi connectivity index (χ2v) is 6.17. The number of pyridine rings is 1. The minimum atomic E-state index is -2.72. The van der Waals surface area contributed by atoms with Crippen LogP contribution < -0.4 is 0 Å². The standard InChI is InChI=1S/C15H18F3N3O/c1-15(13(17)18)4-2-5-20-6-3-12(21(20)14(15)22)10-7-11(16)9-19-8-10/h7-9,12-13H,2-6H2,1H3/t12-,15?/m1/s1. The Morgan fingerprint density at radius 1 is 1.36 bits per heavy atom. The maximum atomic E-state index is 13.4. The van der Waals surface area contributed by atoms with Crippen molar-refractivity contribution in [2.45, 2.75) is 38.7 Å². The van der Waals surface area contributed by atoms with Gasteiger partial charge in [-0.15, -0.1) is 0 Å². The summed E-state index contributed by atoms with van der Waals surface area (Å²) < 4.78 is 40.3. The van der Waals surface area contributed by atoms with Gasteiger partial charge >= 0.3 is 0 Å². The number of rotatable bonds is 2. The summed E-state index contributed by atoms with van der Waals surface area (Å²) in [5.74, 6) is -1.07. The molecular weight excluding hydrogens is 295 g/mol. The molecule has 1 unspecified atom stereocenters. The van der Waals surface area contributed by atoms with E-state index in [1.807, 2.05) is 5.01 Å². The van der Waals surface area contributed by atoms with E-state index in [-0.39, 0.29) is 6.42 Å². The third-order valence-corrected chi connectivity index (χ3v) is 4.66. The molecule has 0 aromatic carbocycles. The predicted molar refractivity (Wildman–Crippen MR) is 73.3 cm³/mol. The lowest BCUT2D eigenvalue weighted by atomic mass is 9.84. The number of carbonyl (C=O) groups excluding carboxylic acids is 1. The number of fused-ring (bicyclic) bond motifs is 1. The molecule has 2 aliphatic heterocycles. The first-order valence-corrected chi connectivity index (χ1v) is 7.40. The zero-order valence-electron chi connectivity index (χ0n) is 12.3. The Kier molecular flexibility index (Phi) is 3.84. The minimum Gasteiger partial charge on any atom is -0.273 e. The van der Waals surface area contributed by atoms with Crippen LogP contribution in [0.1, 0.15) is 37.8 Å². The van der Waals surface area contributed by atoms with Crippen LogP contribution >= 0.6 is 0 Å². The molecule has 0 saturated carbocycles. The number of hydrazine groups is 1. The van der Waals surface area contributed by atoms with E-state index in [0.29, 0.717) is 31.5 Å². The maximum Gasteiger partial charge on any atom is 0.252 e. The first-order chi connectivity index (χ1) is 10.4. The van der Waals surface area contributed by atoms with Crippen LogP contribution in [0.4, 0.5) is 13.2 Å². The van der Waals surface area contributed by atoms with E-state index >= 15 is 0 Å². The number of amides is 1. The van der Waals surface area contributed by atoms with Crippen molar-refractivity contribution in [2.75, 3.05) is 13.1 Å². The summed E-state index contributed by atoms with van der Waals surface area (Å²) in [5.41, 5.74) is -1.13. The molecule has 3 rings (SSSR count). The Morgan fingerprint density at radius 3 is 2.82 bits per heavy atom. The fourth-order valence-corrected chi connectivity index (χ4v) is 3.31. The van der Waals surface area contributed by atoms with Crippen LogP contribution in [0.2, 0.25) is 0 Å². The third kappa shape index (κ3) is 2.37. The van der Waals surface area contributed by atoms with E-state index in [1.165, 1.54) is 24.2 Å². The Bertz CT molecular complexity index is 583. The molecule has 0 bridgehead atoms. The molecule has 0 spiro atoms. The molecule has 3 heterocycles. The summed E-state index contributed by atoms with van der Waals surface area (Å²) in [5, 5.41) is 3.22. The lowest BCUT2D eigenvalue weighted by Crippen LogP contribution is -2.49. The second kappa shape index (κ2) is 5.53. The van der Waals surface area contributed by atoms with Gasteiger partial charge < -0.3 is 0 Å². The number of carbonyl (C=O) groups is 1. The van der Waals surface area contributed by atoms with E-state index in [0.717, 1.165) is 6.20 Å². The summed E-state index contributed by atoms with van der Waals surface area (Å²) in [4.78, 5) is 16.6. The van der Waals surface area contributed by atoms with Gasteiger partial charge in [-0.1, -0.05) is 0 Å². The van der Waals surface area contributed by atoms with Gasteiger partial charge in [0.05, 0.1) is 12.2 Å². The van der Waals surface area contributed by atoms with Crippen molar-refractivity contribution in [3.8, 4) is 0 Å². The molecular formula is C15H18F3N3O. The normalized spacial score (nSPS) is 29.8. The molecule has 0 radical (unpaired) electrons. The van der Waals surface area contributed by atoms with Crippen LogP contribution in [-0.2, 0) is 4.79 Å². The topological polar surface area (TPSA) is 36.4 Å². The highest BCUT2D eigenvalue weighted by Gasteiger charge is 2.51. The van der Waals surface area contributed by atoms with E-state index < -0.39 is 29.6 Å². The maximum absolute atomic E-state index is 13.4. The van der Waals surface area contributed by atoms with Gasteiger partial charge in [0.15, 0.2) is 0 Å². The largest absolute Gasteiger partial charge is 0.273 e. The number of aromatic nitrogens is 1. The van der Waals surface area contributed by atoms with Gasteiger partial charge in [0, 0.05) is 19.3 Å². The van der Waals surface area contributed by atoms with E-state index in [2.05, 4.69) is 4.98 Å². The summed E-state index contributed by atoms with van der Waals surface area (Å²) >= 11 is 0. The van der Waals surface area contributed by atoms with Crippen molar-refractivity contribution < 1.29 is 18.0 Å². The average molecular weight is 313 g/mol. The van der Waals surface area contributed by atoms with Crippen LogP contribution in [0.5, 0.6) is 0 Å². The Morgan fingerprint density at radius 2 is 2.14 bits per heavy atom. The van der Waals surface area contributed by atoms with Crippen LogP contribution in [0.15, 0.2) is 18.5 Å². The molecule has 0 N–H and O–H groups in total. The lowest BCUT2D eigenvalue weighted by Gasteiger charge is -2.35. The Balaban J connectivity index is 1.97. The predicted octanol–water partition coefficient (Wildman–Crippen LogP) is 2.78. The van der Waals surface area contributed by atoms with Crippen molar-refractivity contribution in [3.63, 3.8) is 0 Å².